The van der Waals surface area contributed by atoms with Crippen LogP contribution in [0.4, 0.5) is 0 Å². The summed E-state index contributed by atoms with van der Waals surface area (Å²) in [7, 11) is -5.90. The summed E-state index contributed by atoms with van der Waals surface area (Å²) in [5.74, 6) is -0.452. The number of nitrogens with zero attached hydrogens (tertiary/aromatic N) is 2. The monoisotopic (exact) mass is 465 g/mol. The number of likely N-dealkylation sites (N-methyl/N-ethyl adjacent to an activating group) is 1. The molecule has 0 bridgehead atoms. The lowest BCUT2D eigenvalue weighted by Gasteiger charge is -2.25. The minimum Gasteiger partial charge on any atom is -0.351 e. The normalized spacial score (nSPS) is 15.7. The fraction of sp³-hybridized carbons (Fsp3) is 0.381. The standard InChI is InChI=1S/C21H27N3O5S2/c1-23(30(26,27)19-8-4-2-5-9-19)17-21(25)22-16-18-10-12-20(13-11-18)31(28,29)24-14-6-3-7-15-24/h2,4-5,8-13H,3,6-7,14-17H2,1H3,(H,22,25). The molecule has 1 aliphatic rings. The summed E-state index contributed by atoms with van der Waals surface area (Å²) < 4.78 is 52.9. The number of amides is 1. The topological polar surface area (TPSA) is 104 Å². The van der Waals surface area contributed by atoms with Gasteiger partial charge in [-0.3, -0.25) is 4.79 Å². The molecule has 0 aliphatic carbocycles. The van der Waals surface area contributed by atoms with Crippen molar-refractivity contribution >= 4 is 26.0 Å². The molecule has 0 unspecified atom stereocenters. The van der Waals surface area contributed by atoms with Crippen LogP contribution in [-0.2, 0) is 31.4 Å². The van der Waals surface area contributed by atoms with Gasteiger partial charge in [0.15, 0.2) is 0 Å². The zero-order valence-electron chi connectivity index (χ0n) is 17.4. The molecule has 31 heavy (non-hydrogen) atoms. The maximum absolute atomic E-state index is 12.7. The van der Waals surface area contributed by atoms with Crippen molar-refractivity contribution in [1.29, 1.82) is 0 Å². The molecule has 1 heterocycles. The van der Waals surface area contributed by atoms with Crippen molar-refractivity contribution in [1.82, 2.24) is 13.9 Å². The highest BCUT2D eigenvalue weighted by atomic mass is 32.2. The lowest BCUT2D eigenvalue weighted by atomic mass is 10.2. The third kappa shape index (κ3) is 5.70. The lowest BCUT2D eigenvalue weighted by Crippen LogP contribution is -2.38. The van der Waals surface area contributed by atoms with Crippen LogP contribution in [0.25, 0.3) is 0 Å². The molecule has 0 radical (unpaired) electrons. The third-order valence-electron chi connectivity index (χ3n) is 5.18. The number of carbonyl (C=O) groups is 1. The van der Waals surface area contributed by atoms with E-state index in [-0.39, 0.29) is 22.9 Å². The highest BCUT2D eigenvalue weighted by molar-refractivity contribution is 7.89. The summed E-state index contributed by atoms with van der Waals surface area (Å²) in [6.07, 6.45) is 2.79. The van der Waals surface area contributed by atoms with Crippen LogP contribution in [0.1, 0.15) is 24.8 Å². The zero-order chi connectivity index (χ0) is 22.5. The zero-order valence-corrected chi connectivity index (χ0v) is 19.0. The van der Waals surface area contributed by atoms with Crippen LogP contribution >= 0.6 is 0 Å². The maximum atomic E-state index is 12.7. The minimum atomic E-state index is -3.75. The van der Waals surface area contributed by atoms with Gasteiger partial charge < -0.3 is 5.32 Å². The van der Waals surface area contributed by atoms with Crippen LogP contribution < -0.4 is 5.32 Å². The first kappa shape index (κ1) is 23.4. The Morgan fingerprint density at radius 2 is 1.52 bits per heavy atom. The molecule has 1 N–H and O–H groups in total. The number of hydrogen-bond donors (Lipinski definition) is 1. The Hall–Kier alpha value is -2.27. The maximum Gasteiger partial charge on any atom is 0.243 e. The number of nitrogens with one attached hydrogen (secondary N) is 1. The Morgan fingerprint density at radius 3 is 2.13 bits per heavy atom. The molecule has 0 saturated carbocycles. The van der Waals surface area contributed by atoms with Gasteiger partial charge in [-0.15, -0.1) is 0 Å². The number of rotatable bonds is 8. The van der Waals surface area contributed by atoms with E-state index < -0.39 is 26.0 Å². The van der Waals surface area contributed by atoms with Gasteiger partial charge in [-0.2, -0.15) is 8.61 Å². The Kier molecular flexibility index (Phi) is 7.47. The van der Waals surface area contributed by atoms with Gasteiger partial charge in [-0.1, -0.05) is 36.8 Å². The van der Waals surface area contributed by atoms with Crippen molar-refractivity contribution in [3.05, 3.63) is 60.2 Å². The predicted octanol–water partition coefficient (Wildman–Crippen LogP) is 1.80. The highest BCUT2D eigenvalue weighted by Crippen LogP contribution is 2.21. The van der Waals surface area contributed by atoms with Gasteiger partial charge in [-0.25, -0.2) is 16.8 Å². The first-order chi connectivity index (χ1) is 14.7. The molecule has 2 aromatic rings. The van der Waals surface area contributed by atoms with Gasteiger partial charge in [0.2, 0.25) is 26.0 Å². The van der Waals surface area contributed by atoms with Crippen molar-refractivity contribution in [3.63, 3.8) is 0 Å². The fourth-order valence-corrected chi connectivity index (χ4v) is 6.02. The molecule has 1 saturated heterocycles. The van der Waals surface area contributed by atoms with E-state index in [1.165, 1.54) is 35.6 Å². The molecule has 2 aromatic carbocycles. The van der Waals surface area contributed by atoms with E-state index in [4.69, 9.17) is 0 Å². The average molecular weight is 466 g/mol. The molecular formula is C21H27N3O5S2. The Morgan fingerprint density at radius 1 is 0.903 bits per heavy atom. The van der Waals surface area contributed by atoms with Crippen molar-refractivity contribution in [2.75, 3.05) is 26.7 Å². The smallest absolute Gasteiger partial charge is 0.243 e. The third-order valence-corrected chi connectivity index (χ3v) is 8.91. The lowest BCUT2D eigenvalue weighted by molar-refractivity contribution is -0.121. The van der Waals surface area contributed by atoms with Crippen LogP contribution in [0.15, 0.2) is 64.4 Å². The largest absolute Gasteiger partial charge is 0.351 e. The van der Waals surface area contributed by atoms with Crippen LogP contribution in [0.2, 0.25) is 0 Å². The van der Waals surface area contributed by atoms with Gasteiger partial charge >= 0.3 is 0 Å². The SMILES string of the molecule is CN(CC(=O)NCc1ccc(S(=O)(=O)N2CCCCC2)cc1)S(=O)(=O)c1ccccc1. The molecule has 1 aliphatic heterocycles. The van der Waals surface area contributed by atoms with Gasteiger partial charge in [0.25, 0.3) is 0 Å². The summed E-state index contributed by atoms with van der Waals surface area (Å²) in [6.45, 7) is 0.930. The number of piperidine rings is 1. The molecule has 1 fully saturated rings. The first-order valence-electron chi connectivity index (χ1n) is 10.1. The van der Waals surface area contributed by atoms with Crippen LogP contribution in [-0.4, -0.2) is 58.0 Å². The van der Waals surface area contributed by atoms with E-state index in [0.29, 0.717) is 13.1 Å². The van der Waals surface area contributed by atoms with Gasteiger partial charge in [-0.05, 0) is 42.7 Å². The molecule has 8 nitrogen and oxygen atoms in total. The van der Waals surface area contributed by atoms with E-state index in [9.17, 15) is 21.6 Å². The van der Waals surface area contributed by atoms with Gasteiger partial charge in [0, 0.05) is 26.7 Å². The average Bonchev–Trinajstić information content (AvgIpc) is 2.79. The van der Waals surface area contributed by atoms with Crippen LogP contribution in [0.3, 0.4) is 0 Å². The molecule has 0 spiro atoms. The van der Waals surface area contributed by atoms with Gasteiger partial charge in [0.05, 0.1) is 16.3 Å². The Labute approximate surface area is 184 Å². The minimum absolute atomic E-state index is 0.121. The van der Waals surface area contributed by atoms with E-state index >= 15 is 0 Å². The van der Waals surface area contributed by atoms with Crippen molar-refractivity contribution in [2.24, 2.45) is 0 Å². The molecule has 0 aromatic heterocycles. The predicted molar refractivity (Wildman–Crippen MR) is 117 cm³/mol. The van der Waals surface area contributed by atoms with E-state index in [2.05, 4.69) is 5.32 Å². The van der Waals surface area contributed by atoms with E-state index in [1.807, 2.05) is 0 Å². The summed E-state index contributed by atoms with van der Waals surface area (Å²) in [5, 5.41) is 2.67. The second kappa shape index (κ2) is 9.90. The summed E-state index contributed by atoms with van der Waals surface area (Å²) in [5.41, 5.74) is 0.722. The molecule has 10 heteroatoms. The summed E-state index contributed by atoms with van der Waals surface area (Å²) in [4.78, 5) is 12.6. The highest BCUT2D eigenvalue weighted by Gasteiger charge is 2.26. The van der Waals surface area contributed by atoms with Gasteiger partial charge in [0.1, 0.15) is 0 Å². The number of benzene rings is 2. The molecule has 0 atom stereocenters. The second-order valence-corrected chi connectivity index (χ2v) is 11.4. The number of carbonyl (C=O) groups excluding carboxylic acids is 1. The molecule has 168 valence electrons. The second-order valence-electron chi connectivity index (χ2n) is 7.46. The van der Waals surface area contributed by atoms with Crippen molar-refractivity contribution < 1.29 is 21.6 Å². The fourth-order valence-electron chi connectivity index (χ4n) is 3.35. The number of hydrogen-bond acceptors (Lipinski definition) is 5. The molecular weight excluding hydrogens is 438 g/mol. The quantitative estimate of drug-likeness (QED) is 0.640. The molecule has 1 amide bonds. The first-order valence-corrected chi connectivity index (χ1v) is 13.0. The van der Waals surface area contributed by atoms with Crippen molar-refractivity contribution in [3.8, 4) is 0 Å². The Bertz CT molecular complexity index is 1100. The molecule has 3 rings (SSSR count). The van der Waals surface area contributed by atoms with Crippen LogP contribution in [0.5, 0.6) is 0 Å². The summed E-state index contributed by atoms with van der Waals surface area (Å²) >= 11 is 0. The van der Waals surface area contributed by atoms with E-state index in [0.717, 1.165) is 29.1 Å². The Balaban J connectivity index is 1.56. The van der Waals surface area contributed by atoms with Crippen LogP contribution in [0, 0.1) is 0 Å². The summed E-state index contributed by atoms with van der Waals surface area (Å²) in [6, 6.07) is 14.3. The van der Waals surface area contributed by atoms with Crippen molar-refractivity contribution in [2.45, 2.75) is 35.6 Å². The van der Waals surface area contributed by atoms with E-state index in [1.54, 1.807) is 30.3 Å². The number of sulfonamides is 2.